The summed E-state index contributed by atoms with van der Waals surface area (Å²) in [5.74, 6) is -0.194. The van der Waals surface area contributed by atoms with E-state index in [4.69, 9.17) is 11.6 Å². The van der Waals surface area contributed by atoms with Gasteiger partial charge in [0.05, 0.1) is 0 Å². The smallest absolute Gasteiger partial charge is 0.271 e. The molecule has 102 valence electrons. The van der Waals surface area contributed by atoms with Crippen molar-refractivity contribution in [2.75, 3.05) is 0 Å². The van der Waals surface area contributed by atoms with Crippen LogP contribution in [0.4, 0.5) is 0 Å². The van der Waals surface area contributed by atoms with Gasteiger partial charge in [0, 0.05) is 28.8 Å². The average molecular weight is 306 g/mol. The number of carbonyl (C=O) groups excluding carboxylic acids is 1. The fourth-order valence-corrected chi connectivity index (χ4v) is 2.96. The van der Waals surface area contributed by atoms with Crippen molar-refractivity contribution >= 4 is 33.8 Å². The highest BCUT2D eigenvalue weighted by molar-refractivity contribution is 7.15. The third-order valence-corrected chi connectivity index (χ3v) is 4.34. The lowest BCUT2D eigenvalue weighted by Gasteiger charge is -2.05. The number of halogens is 1. The fourth-order valence-electron chi connectivity index (χ4n) is 1.91. The first kappa shape index (κ1) is 13.1. The van der Waals surface area contributed by atoms with Crippen LogP contribution in [0.25, 0.3) is 4.96 Å². The van der Waals surface area contributed by atoms with Crippen molar-refractivity contribution in [3.63, 3.8) is 0 Å². The van der Waals surface area contributed by atoms with Crippen LogP contribution < -0.4 is 5.32 Å². The van der Waals surface area contributed by atoms with Crippen LogP contribution in [0.2, 0.25) is 5.02 Å². The van der Waals surface area contributed by atoms with Crippen molar-refractivity contribution in [1.29, 1.82) is 0 Å². The summed E-state index contributed by atoms with van der Waals surface area (Å²) in [5.41, 5.74) is 2.38. The standard InChI is InChI=1S/C14H12ClN3OS/c1-9-8-20-14-17-12(7-18(9)14)13(19)16-6-10-4-2-3-5-11(10)15/h2-5,7-8H,6H2,1H3,(H,16,19). The van der Waals surface area contributed by atoms with Crippen molar-refractivity contribution in [3.8, 4) is 0 Å². The molecular weight excluding hydrogens is 294 g/mol. The van der Waals surface area contributed by atoms with E-state index in [0.717, 1.165) is 16.2 Å². The van der Waals surface area contributed by atoms with Crippen molar-refractivity contribution < 1.29 is 4.79 Å². The zero-order valence-electron chi connectivity index (χ0n) is 10.8. The molecule has 3 rings (SSSR count). The number of carbonyl (C=O) groups is 1. The molecule has 0 atom stereocenters. The maximum Gasteiger partial charge on any atom is 0.271 e. The van der Waals surface area contributed by atoms with Gasteiger partial charge in [-0.05, 0) is 18.6 Å². The monoisotopic (exact) mass is 305 g/mol. The molecule has 2 aromatic heterocycles. The van der Waals surface area contributed by atoms with E-state index in [1.165, 1.54) is 11.3 Å². The van der Waals surface area contributed by atoms with Crippen LogP contribution in [-0.4, -0.2) is 15.3 Å². The van der Waals surface area contributed by atoms with E-state index in [1.807, 2.05) is 34.9 Å². The second-order valence-corrected chi connectivity index (χ2v) is 5.67. The molecule has 1 N–H and O–H groups in total. The Bertz CT molecular complexity index is 778. The lowest BCUT2D eigenvalue weighted by molar-refractivity contribution is 0.0946. The third-order valence-electron chi connectivity index (χ3n) is 3.02. The predicted molar refractivity (Wildman–Crippen MR) is 80.4 cm³/mol. The molecule has 3 aromatic rings. The Balaban J connectivity index is 1.74. The van der Waals surface area contributed by atoms with E-state index in [0.29, 0.717) is 17.3 Å². The second-order valence-electron chi connectivity index (χ2n) is 4.43. The van der Waals surface area contributed by atoms with E-state index in [1.54, 1.807) is 12.3 Å². The topological polar surface area (TPSA) is 46.4 Å². The van der Waals surface area contributed by atoms with Gasteiger partial charge in [-0.1, -0.05) is 29.8 Å². The number of aryl methyl sites for hydroxylation is 1. The summed E-state index contributed by atoms with van der Waals surface area (Å²) >= 11 is 7.57. The molecule has 20 heavy (non-hydrogen) atoms. The van der Waals surface area contributed by atoms with Gasteiger partial charge in [-0.25, -0.2) is 4.98 Å². The Morgan fingerprint density at radius 1 is 1.45 bits per heavy atom. The van der Waals surface area contributed by atoms with Gasteiger partial charge < -0.3 is 5.32 Å². The summed E-state index contributed by atoms with van der Waals surface area (Å²) < 4.78 is 1.91. The molecule has 0 radical (unpaired) electrons. The molecule has 6 heteroatoms. The first-order valence-electron chi connectivity index (χ1n) is 6.10. The van der Waals surface area contributed by atoms with Gasteiger partial charge in [-0.3, -0.25) is 9.20 Å². The quantitative estimate of drug-likeness (QED) is 0.807. The molecule has 2 heterocycles. The number of fused-ring (bicyclic) bond motifs is 1. The molecule has 0 aliphatic heterocycles. The van der Waals surface area contributed by atoms with Crippen LogP contribution in [0.1, 0.15) is 21.7 Å². The number of rotatable bonds is 3. The zero-order chi connectivity index (χ0) is 14.1. The molecule has 0 saturated carbocycles. The summed E-state index contributed by atoms with van der Waals surface area (Å²) in [6, 6.07) is 7.45. The van der Waals surface area contributed by atoms with Gasteiger partial charge in [-0.2, -0.15) is 0 Å². The molecule has 0 bridgehead atoms. The number of nitrogens with zero attached hydrogens (tertiary/aromatic N) is 2. The summed E-state index contributed by atoms with van der Waals surface area (Å²) in [5, 5.41) is 5.49. The summed E-state index contributed by atoms with van der Waals surface area (Å²) in [4.78, 5) is 17.2. The van der Waals surface area contributed by atoms with Crippen molar-refractivity contribution in [1.82, 2.24) is 14.7 Å². The van der Waals surface area contributed by atoms with Gasteiger partial charge in [0.2, 0.25) is 0 Å². The summed E-state index contributed by atoms with van der Waals surface area (Å²) in [7, 11) is 0. The van der Waals surface area contributed by atoms with Crippen LogP contribution >= 0.6 is 22.9 Å². The van der Waals surface area contributed by atoms with Crippen LogP contribution in [0.3, 0.4) is 0 Å². The number of nitrogens with one attached hydrogen (secondary N) is 1. The van der Waals surface area contributed by atoms with Crippen LogP contribution in [-0.2, 0) is 6.54 Å². The van der Waals surface area contributed by atoms with E-state index >= 15 is 0 Å². The Labute approximate surface area is 125 Å². The molecular formula is C14H12ClN3OS. The maximum absolute atomic E-state index is 12.1. The van der Waals surface area contributed by atoms with Crippen molar-refractivity contribution in [2.24, 2.45) is 0 Å². The predicted octanol–water partition coefficient (Wildman–Crippen LogP) is 3.29. The Morgan fingerprint density at radius 3 is 3.00 bits per heavy atom. The average Bonchev–Trinajstić information content (AvgIpc) is 3.00. The normalized spacial score (nSPS) is 10.9. The molecule has 0 aliphatic carbocycles. The van der Waals surface area contributed by atoms with E-state index in [2.05, 4.69) is 10.3 Å². The summed E-state index contributed by atoms with van der Waals surface area (Å²) in [6.45, 7) is 2.37. The molecule has 0 unspecified atom stereocenters. The highest BCUT2D eigenvalue weighted by atomic mass is 35.5. The van der Waals surface area contributed by atoms with Crippen molar-refractivity contribution in [3.05, 3.63) is 57.8 Å². The Hall–Kier alpha value is -1.85. The molecule has 0 fully saturated rings. The largest absolute Gasteiger partial charge is 0.347 e. The Kier molecular flexibility index (Phi) is 3.46. The number of hydrogen-bond acceptors (Lipinski definition) is 3. The molecule has 1 amide bonds. The lowest BCUT2D eigenvalue weighted by atomic mass is 10.2. The van der Waals surface area contributed by atoms with E-state index in [9.17, 15) is 4.79 Å². The molecule has 1 aromatic carbocycles. The van der Waals surface area contributed by atoms with Crippen molar-refractivity contribution in [2.45, 2.75) is 13.5 Å². The Morgan fingerprint density at radius 2 is 2.25 bits per heavy atom. The summed E-state index contributed by atoms with van der Waals surface area (Å²) in [6.07, 6.45) is 1.75. The lowest BCUT2D eigenvalue weighted by Crippen LogP contribution is -2.23. The van der Waals surface area contributed by atoms with Gasteiger partial charge in [0.15, 0.2) is 4.96 Å². The van der Waals surface area contributed by atoms with Gasteiger partial charge in [-0.15, -0.1) is 11.3 Å². The van der Waals surface area contributed by atoms with E-state index < -0.39 is 0 Å². The first-order valence-corrected chi connectivity index (χ1v) is 7.35. The third kappa shape index (κ3) is 2.42. The van der Waals surface area contributed by atoms with E-state index in [-0.39, 0.29) is 5.91 Å². The van der Waals surface area contributed by atoms with Gasteiger partial charge in [0.1, 0.15) is 5.69 Å². The number of imidazole rings is 1. The highest BCUT2D eigenvalue weighted by Gasteiger charge is 2.12. The first-order chi connectivity index (χ1) is 9.65. The van der Waals surface area contributed by atoms with Crippen LogP contribution in [0, 0.1) is 6.92 Å². The number of benzene rings is 1. The number of amides is 1. The minimum Gasteiger partial charge on any atom is -0.347 e. The minimum absolute atomic E-state index is 0.194. The fraction of sp³-hybridized carbons (Fsp3) is 0.143. The minimum atomic E-state index is -0.194. The second kappa shape index (κ2) is 5.26. The highest BCUT2D eigenvalue weighted by Crippen LogP contribution is 2.17. The van der Waals surface area contributed by atoms with Gasteiger partial charge >= 0.3 is 0 Å². The van der Waals surface area contributed by atoms with Crippen LogP contribution in [0.15, 0.2) is 35.8 Å². The maximum atomic E-state index is 12.1. The number of aromatic nitrogens is 2. The van der Waals surface area contributed by atoms with Gasteiger partial charge in [0.25, 0.3) is 5.91 Å². The number of thiazole rings is 1. The molecule has 4 nitrogen and oxygen atoms in total. The molecule has 0 saturated heterocycles. The SMILES string of the molecule is Cc1csc2nc(C(=O)NCc3ccccc3Cl)cn12. The zero-order valence-corrected chi connectivity index (χ0v) is 12.3. The number of hydrogen-bond donors (Lipinski definition) is 1. The molecule has 0 spiro atoms. The molecule has 0 aliphatic rings. The van der Waals surface area contributed by atoms with Crippen LogP contribution in [0.5, 0.6) is 0 Å².